The second kappa shape index (κ2) is 3.52. The van der Waals surface area contributed by atoms with Crippen molar-refractivity contribution in [3.8, 4) is 5.75 Å². The summed E-state index contributed by atoms with van der Waals surface area (Å²) in [5.41, 5.74) is 0.907. The van der Waals surface area contributed by atoms with Crippen molar-refractivity contribution in [1.82, 2.24) is 10.3 Å². The molecule has 1 aromatic heterocycles. The van der Waals surface area contributed by atoms with E-state index in [2.05, 4.69) is 10.3 Å². The fraction of sp³-hybridized carbons (Fsp3) is 0.444. The predicted molar refractivity (Wildman–Crippen MR) is 51.3 cm³/mol. The van der Waals surface area contributed by atoms with Crippen molar-refractivity contribution >= 4 is 11.6 Å². The molecule has 0 amide bonds. The first kappa shape index (κ1) is 8.78. The molecule has 1 aromatic rings. The van der Waals surface area contributed by atoms with Crippen molar-refractivity contribution in [2.75, 3.05) is 13.1 Å². The van der Waals surface area contributed by atoms with Gasteiger partial charge in [0.25, 0.3) is 0 Å². The molecule has 0 saturated carbocycles. The minimum absolute atomic E-state index is 0.252. The Labute approximate surface area is 82.1 Å². The first-order valence-electron chi connectivity index (χ1n) is 4.26. The number of rotatable bonds is 2. The van der Waals surface area contributed by atoms with E-state index in [-0.39, 0.29) is 6.10 Å². The summed E-state index contributed by atoms with van der Waals surface area (Å²) in [4.78, 5) is 4.11. The minimum atomic E-state index is 0.252. The van der Waals surface area contributed by atoms with Crippen molar-refractivity contribution in [2.45, 2.75) is 13.0 Å². The molecule has 0 unspecified atom stereocenters. The van der Waals surface area contributed by atoms with Gasteiger partial charge < -0.3 is 10.1 Å². The van der Waals surface area contributed by atoms with Crippen LogP contribution in [0.5, 0.6) is 5.75 Å². The number of halogens is 1. The van der Waals surface area contributed by atoms with Gasteiger partial charge in [-0.25, -0.2) is 4.98 Å². The van der Waals surface area contributed by atoms with Gasteiger partial charge in [0.05, 0.1) is 0 Å². The molecule has 0 bridgehead atoms. The summed E-state index contributed by atoms with van der Waals surface area (Å²) in [5.74, 6) is 0.679. The number of aromatic nitrogens is 1. The number of hydrogen-bond donors (Lipinski definition) is 1. The van der Waals surface area contributed by atoms with Gasteiger partial charge in [0, 0.05) is 18.8 Å². The molecule has 1 N–H and O–H groups in total. The maximum absolute atomic E-state index is 5.90. The highest BCUT2D eigenvalue weighted by atomic mass is 35.5. The molecule has 70 valence electrons. The predicted octanol–water partition coefficient (Wildman–Crippen LogP) is 1.39. The van der Waals surface area contributed by atoms with Gasteiger partial charge in [0.1, 0.15) is 6.10 Å². The zero-order valence-corrected chi connectivity index (χ0v) is 8.14. The van der Waals surface area contributed by atoms with Gasteiger partial charge in [-0.1, -0.05) is 11.6 Å². The molecule has 0 atom stereocenters. The third-order valence-electron chi connectivity index (χ3n) is 1.99. The van der Waals surface area contributed by atoms with E-state index in [1.54, 1.807) is 0 Å². The summed E-state index contributed by atoms with van der Waals surface area (Å²) in [6, 6.07) is 3.76. The molecule has 1 aliphatic heterocycles. The number of ether oxygens (including phenoxy) is 1. The zero-order chi connectivity index (χ0) is 9.26. The highest BCUT2D eigenvalue weighted by Gasteiger charge is 2.19. The molecule has 1 aliphatic rings. The summed E-state index contributed by atoms with van der Waals surface area (Å²) in [7, 11) is 0. The van der Waals surface area contributed by atoms with Crippen LogP contribution in [0.1, 0.15) is 5.69 Å². The van der Waals surface area contributed by atoms with Crippen LogP contribution in [-0.2, 0) is 0 Å². The highest BCUT2D eigenvalue weighted by Crippen LogP contribution is 2.23. The van der Waals surface area contributed by atoms with Gasteiger partial charge in [0.15, 0.2) is 10.9 Å². The van der Waals surface area contributed by atoms with Crippen LogP contribution in [-0.4, -0.2) is 24.2 Å². The van der Waals surface area contributed by atoms with Crippen LogP contribution >= 0.6 is 11.6 Å². The minimum Gasteiger partial charge on any atom is -0.485 e. The lowest BCUT2D eigenvalue weighted by molar-refractivity contribution is 0.142. The van der Waals surface area contributed by atoms with Gasteiger partial charge in [-0.05, 0) is 19.1 Å². The number of pyridine rings is 1. The summed E-state index contributed by atoms with van der Waals surface area (Å²) >= 11 is 5.90. The molecule has 2 rings (SSSR count). The summed E-state index contributed by atoms with van der Waals surface area (Å²) in [6.45, 7) is 3.69. The number of nitrogens with one attached hydrogen (secondary N) is 1. The Balaban J connectivity index is 2.10. The fourth-order valence-electron chi connectivity index (χ4n) is 1.13. The molecule has 0 aromatic carbocycles. The summed E-state index contributed by atoms with van der Waals surface area (Å²) in [6.07, 6.45) is 0.252. The average Bonchev–Trinajstić information content (AvgIpc) is 1.99. The van der Waals surface area contributed by atoms with Crippen LogP contribution in [0, 0.1) is 6.92 Å². The van der Waals surface area contributed by atoms with Crippen LogP contribution in [0.3, 0.4) is 0 Å². The molecular formula is C9H11ClN2O. The molecule has 0 aliphatic carbocycles. The second-order valence-corrected chi connectivity index (χ2v) is 3.50. The van der Waals surface area contributed by atoms with Crippen LogP contribution in [0.25, 0.3) is 0 Å². The Kier molecular flexibility index (Phi) is 2.38. The van der Waals surface area contributed by atoms with E-state index in [9.17, 15) is 0 Å². The van der Waals surface area contributed by atoms with Crippen molar-refractivity contribution < 1.29 is 4.74 Å². The molecule has 1 saturated heterocycles. The molecule has 3 nitrogen and oxygen atoms in total. The van der Waals surface area contributed by atoms with Gasteiger partial charge in [-0.3, -0.25) is 0 Å². The molecule has 0 spiro atoms. The van der Waals surface area contributed by atoms with Crippen LogP contribution < -0.4 is 10.1 Å². The van der Waals surface area contributed by atoms with Gasteiger partial charge in [0.2, 0.25) is 0 Å². The van der Waals surface area contributed by atoms with E-state index >= 15 is 0 Å². The molecule has 1 fully saturated rings. The lowest BCUT2D eigenvalue weighted by atomic mass is 10.2. The quantitative estimate of drug-likeness (QED) is 0.730. The number of aryl methyl sites for hydroxylation is 1. The first-order valence-corrected chi connectivity index (χ1v) is 4.64. The Hall–Kier alpha value is -0.800. The Morgan fingerprint density at radius 2 is 2.31 bits per heavy atom. The average molecular weight is 199 g/mol. The standard InChI is InChI=1S/C9H11ClN2O/c1-6-2-3-8(9(10)12-6)13-7-4-11-5-7/h2-3,7,11H,4-5H2,1H3. The van der Waals surface area contributed by atoms with Crippen LogP contribution in [0.4, 0.5) is 0 Å². The molecular weight excluding hydrogens is 188 g/mol. The maximum Gasteiger partial charge on any atom is 0.171 e. The van der Waals surface area contributed by atoms with Crippen molar-refractivity contribution in [3.05, 3.63) is 23.0 Å². The normalized spacial score (nSPS) is 16.8. The van der Waals surface area contributed by atoms with Gasteiger partial charge >= 0.3 is 0 Å². The van der Waals surface area contributed by atoms with E-state index < -0.39 is 0 Å². The lowest BCUT2D eigenvalue weighted by Gasteiger charge is -2.27. The fourth-order valence-corrected chi connectivity index (χ4v) is 1.37. The van der Waals surface area contributed by atoms with Crippen LogP contribution in [0.2, 0.25) is 5.15 Å². The number of hydrogen-bond acceptors (Lipinski definition) is 3. The smallest absolute Gasteiger partial charge is 0.171 e. The van der Waals surface area contributed by atoms with E-state index in [1.807, 2.05) is 19.1 Å². The van der Waals surface area contributed by atoms with E-state index in [0.29, 0.717) is 10.9 Å². The van der Waals surface area contributed by atoms with E-state index in [4.69, 9.17) is 16.3 Å². The molecule has 0 radical (unpaired) electrons. The number of nitrogens with zero attached hydrogens (tertiary/aromatic N) is 1. The van der Waals surface area contributed by atoms with Crippen LogP contribution in [0.15, 0.2) is 12.1 Å². The largest absolute Gasteiger partial charge is 0.485 e. The first-order chi connectivity index (χ1) is 6.25. The third-order valence-corrected chi connectivity index (χ3v) is 2.26. The van der Waals surface area contributed by atoms with Crippen molar-refractivity contribution in [2.24, 2.45) is 0 Å². The molecule has 4 heteroatoms. The second-order valence-electron chi connectivity index (χ2n) is 3.14. The molecule has 2 heterocycles. The Morgan fingerprint density at radius 3 is 2.85 bits per heavy atom. The topological polar surface area (TPSA) is 34.1 Å². The van der Waals surface area contributed by atoms with Crippen molar-refractivity contribution in [1.29, 1.82) is 0 Å². The van der Waals surface area contributed by atoms with E-state index in [1.165, 1.54) is 0 Å². The zero-order valence-electron chi connectivity index (χ0n) is 7.38. The maximum atomic E-state index is 5.90. The van der Waals surface area contributed by atoms with Gasteiger partial charge in [-0.2, -0.15) is 0 Å². The summed E-state index contributed by atoms with van der Waals surface area (Å²) in [5, 5.41) is 3.57. The third kappa shape index (κ3) is 1.92. The van der Waals surface area contributed by atoms with E-state index in [0.717, 1.165) is 18.8 Å². The Bertz CT molecular complexity index is 312. The molecule has 13 heavy (non-hydrogen) atoms. The highest BCUT2D eigenvalue weighted by molar-refractivity contribution is 6.30. The Morgan fingerprint density at radius 1 is 1.54 bits per heavy atom. The summed E-state index contributed by atoms with van der Waals surface area (Å²) < 4.78 is 5.58. The van der Waals surface area contributed by atoms with Gasteiger partial charge in [-0.15, -0.1) is 0 Å². The monoisotopic (exact) mass is 198 g/mol. The van der Waals surface area contributed by atoms with Crippen molar-refractivity contribution in [3.63, 3.8) is 0 Å². The SMILES string of the molecule is Cc1ccc(OC2CNC2)c(Cl)n1. The lowest BCUT2D eigenvalue weighted by Crippen LogP contribution is -2.50.